The van der Waals surface area contributed by atoms with Gasteiger partial charge in [-0.3, -0.25) is 25.0 Å². The summed E-state index contributed by atoms with van der Waals surface area (Å²) in [5, 5.41) is 22.1. The Morgan fingerprint density at radius 2 is 1.23 bits per heavy atom. The number of non-ortho nitro benzene ring substituents is 2. The summed E-state index contributed by atoms with van der Waals surface area (Å²) in [6, 6.07) is 19.1. The number of para-hydroxylation sites is 1. The molecule has 1 aliphatic rings. The second kappa shape index (κ2) is 7.25. The van der Waals surface area contributed by atoms with Crippen LogP contribution in [-0.2, 0) is 4.79 Å². The lowest BCUT2D eigenvalue weighted by atomic mass is 9.90. The molecule has 0 spiro atoms. The van der Waals surface area contributed by atoms with Crippen LogP contribution in [0, 0.1) is 20.2 Å². The minimum atomic E-state index is -0.494. The number of fused-ring (bicyclic) bond motifs is 1. The van der Waals surface area contributed by atoms with Gasteiger partial charge in [0, 0.05) is 42.4 Å². The molecule has 148 valence electrons. The van der Waals surface area contributed by atoms with Crippen molar-refractivity contribution in [3.63, 3.8) is 0 Å². The fraction of sp³-hybridized carbons (Fsp3) is 0.0455. The first-order chi connectivity index (χ1) is 14.4. The van der Waals surface area contributed by atoms with E-state index in [1.165, 1.54) is 24.3 Å². The second-order valence-electron chi connectivity index (χ2n) is 6.74. The Morgan fingerprint density at radius 3 is 1.70 bits per heavy atom. The van der Waals surface area contributed by atoms with Crippen LogP contribution >= 0.6 is 0 Å². The fourth-order valence-electron chi connectivity index (χ4n) is 3.57. The number of hydrogen-bond donors (Lipinski definition) is 0. The molecule has 0 fully saturated rings. The molecule has 0 saturated carbocycles. The molecule has 0 unspecified atom stereocenters. The zero-order chi connectivity index (χ0) is 21.4. The predicted octanol–water partition coefficient (Wildman–Crippen LogP) is 4.44. The molecule has 3 aromatic carbocycles. The summed E-state index contributed by atoms with van der Waals surface area (Å²) in [6.45, 7) is 0. The van der Waals surface area contributed by atoms with E-state index >= 15 is 0 Å². The minimum absolute atomic E-state index is 0.0675. The number of carbonyl (C=O) groups is 1. The smallest absolute Gasteiger partial charge is 0.269 e. The number of rotatable bonds is 4. The zero-order valence-corrected chi connectivity index (χ0v) is 15.8. The quantitative estimate of drug-likeness (QED) is 0.365. The number of benzene rings is 3. The molecule has 8 nitrogen and oxygen atoms in total. The van der Waals surface area contributed by atoms with Crippen LogP contribution < -0.4 is 4.90 Å². The van der Waals surface area contributed by atoms with Gasteiger partial charge in [0.05, 0.1) is 21.1 Å². The van der Waals surface area contributed by atoms with Crippen LogP contribution in [0.5, 0.6) is 0 Å². The summed E-state index contributed by atoms with van der Waals surface area (Å²) in [5.41, 5.74) is 3.54. The lowest BCUT2D eigenvalue weighted by Gasteiger charge is -2.13. The van der Waals surface area contributed by atoms with E-state index in [1.54, 1.807) is 36.2 Å². The van der Waals surface area contributed by atoms with Crippen molar-refractivity contribution in [2.45, 2.75) is 0 Å². The molecular weight excluding hydrogens is 386 g/mol. The molecule has 0 aliphatic carbocycles. The molecule has 1 heterocycles. The van der Waals surface area contributed by atoms with Crippen LogP contribution in [0.4, 0.5) is 17.1 Å². The Morgan fingerprint density at radius 1 is 0.767 bits per heavy atom. The summed E-state index contributed by atoms with van der Waals surface area (Å²) >= 11 is 0. The van der Waals surface area contributed by atoms with Crippen molar-refractivity contribution in [1.29, 1.82) is 0 Å². The number of anilines is 1. The average Bonchev–Trinajstić information content (AvgIpc) is 3.00. The molecule has 0 aromatic heterocycles. The standard InChI is InChI=1S/C22H15N3O5/c1-23-19-5-3-2-4-18(19)21(22(23)26)20(14-6-10-16(11-7-14)24(27)28)15-8-12-17(13-9-15)25(29)30/h2-13H,1H3. The number of hydrogen-bond acceptors (Lipinski definition) is 5. The molecule has 0 N–H and O–H groups in total. The Kier molecular flexibility index (Phi) is 4.59. The highest BCUT2D eigenvalue weighted by atomic mass is 16.6. The minimum Gasteiger partial charge on any atom is -0.311 e. The lowest BCUT2D eigenvalue weighted by molar-refractivity contribution is -0.385. The van der Waals surface area contributed by atoms with E-state index in [9.17, 15) is 25.0 Å². The Hall–Kier alpha value is -4.33. The van der Waals surface area contributed by atoms with Gasteiger partial charge in [-0.2, -0.15) is 0 Å². The highest BCUT2D eigenvalue weighted by Gasteiger charge is 2.33. The van der Waals surface area contributed by atoms with E-state index in [2.05, 4.69) is 0 Å². The topological polar surface area (TPSA) is 107 Å². The van der Waals surface area contributed by atoms with Crippen LogP contribution in [0.25, 0.3) is 11.1 Å². The van der Waals surface area contributed by atoms with Crippen molar-refractivity contribution < 1.29 is 14.6 Å². The van der Waals surface area contributed by atoms with Gasteiger partial charge in [0.25, 0.3) is 17.3 Å². The van der Waals surface area contributed by atoms with Gasteiger partial charge >= 0.3 is 0 Å². The van der Waals surface area contributed by atoms with Gasteiger partial charge in [-0.1, -0.05) is 18.2 Å². The first-order valence-electron chi connectivity index (χ1n) is 9.00. The monoisotopic (exact) mass is 401 g/mol. The third-order valence-electron chi connectivity index (χ3n) is 5.04. The molecular formula is C22H15N3O5. The van der Waals surface area contributed by atoms with Crippen LogP contribution in [0.2, 0.25) is 0 Å². The van der Waals surface area contributed by atoms with E-state index < -0.39 is 9.85 Å². The summed E-state index contributed by atoms with van der Waals surface area (Å²) in [4.78, 5) is 35.8. The molecule has 1 aliphatic heterocycles. The van der Waals surface area contributed by atoms with Crippen LogP contribution in [0.15, 0.2) is 72.8 Å². The zero-order valence-electron chi connectivity index (χ0n) is 15.8. The fourth-order valence-corrected chi connectivity index (χ4v) is 3.57. The predicted molar refractivity (Wildman–Crippen MR) is 112 cm³/mol. The van der Waals surface area contributed by atoms with Gasteiger partial charge in [0.2, 0.25) is 0 Å². The van der Waals surface area contributed by atoms with Crippen molar-refractivity contribution in [1.82, 2.24) is 0 Å². The molecule has 30 heavy (non-hydrogen) atoms. The van der Waals surface area contributed by atoms with Gasteiger partial charge in [-0.15, -0.1) is 0 Å². The number of nitro benzene ring substituents is 2. The van der Waals surface area contributed by atoms with E-state index in [0.717, 1.165) is 11.3 Å². The van der Waals surface area contributed by atoms with Gasteiger partial charge in [-0.25, -0.2) is 0 Å². The first kappa shape index (κ1) is 19.0. The summed E-state index contributed by atoms with van der Waals surface area (Å²) in [5.74, 6) is -0.220. The number of nitro groups is 2. The van der Waals surface area contributed by atoms with Crippen LogP contribution in [-0.4, -0.2) is 22.8 Å². The maximum absolute atomic E-state index is 13.2. The first-order valence-corrected chi connectivity index (χ1v) is 9.00. The van der Waals surface area contributed by atoms with Crippen molar-refractivity contribution in [2.75, 3.05) is 11.9 Å². The van der Waals surface area contributed by atoms with E-state index in [1.807, 2.05) is 24.3 Å². The Labute approximate surface area is 171 Å². The van der Waals surface area contributed by atoms with E-state index in [-0.39, 0.29) is 17.3 Å². The Balaban J connectivity index is 1.99. The van der Waals surface area contributed by atoms with Crippen LogP contribution in [0.1, 0.15) is 16.7 Å². The summed E-state index contributed by atoms with van der Waals surface area (Å²) in [7, 11) is 1.68. The molecule has 0 atom stereocenters. The van der Waals surface area contributed by atoms with E-state index in [4.69, 9.17) is 0 Å². The van der Waals surface area contributed by atoms with Crippen LogP contribution in [0.3, 0.4) is 0 Å². The number of likely N-dealkylation sites (N-methyl/N-ethyl adjacent to an activating group) is 1. The number of carbonyl (C=O) groups excluding carboxylic acids is 1. The normalized spacial score (nSPS) is 12.6. The summed E-state index contributed by atoms with van der Waals surface area (Å²) in [6.07, 6.45) is 0. The van der Waals surface area contributed by atoms with Gasteiger partial charge in [0.1, 0.15) is 0 Å². The van der Waals surface area contributed by atoms with Crippen molar-refractivity contribution >= 4 is 34.1 Å². The van der Waals surface area contributed by atoms with Gasteiger partial charge < -0.3 is 4.90 Å². The molecule has 4 rings (SSSR count). The van der Waals surface area contributed by atoms with Gasteiger partial charge in [0.15, 0.2) is 0 Å². The van der Waals surface area contributed by atoms with Crippen molar-refractivity contribution in [3.8, 4) is 0 Å². The molecule has 0 saturated heterocycles. The second-order valence-corrected chi connectivity index (χ2v) is 6.74. The Bertz CT molecular complexity index is 1150. The summed E-state index contributed by atoms with van der Waals surface area (Å²) < 4.78 is 0. The largest absolute Gasteiger partial charge is 0.311 e. The molecule has 0 bridgehead atoms. The average molecular weight is 401 g/mol. The number of amides is 1. The highest BCUT2D eigenvalue weighted by Crippen LogP contribution is 2.42. The van der Waals surface area contributed by atoms with Crippen molar-refractivity contribution in [2.24, 2.45) is 0 Å². The maximum atomic E-state index is 13.2. The molecule has 8 heteroatoms. The maximum Gasteiger partial charge on any atom is 0.269 e. The third kappa shape index (κ3) is 3.10. The highest BCUT2D eigenvalue weighted by molar-refractivity contribution is 6.38. The lowest BCUT2D eigenvalue weighted by Crippen LogP contribution is -2.20. The van der Waals surface area contributed by atoms with Crippen molar-refractivity contribution in [3.05, 3.63) is 110 Å². The third-order valence-corrected chi connectivity index (χ3v) is 5.04. The molecule has 1 amide bonds. The molecule has 0 radical (unpaired) electrons. The van der Waals surface area contributed by atoms with E-state index in [0.29, 0.717) is 22.3 Å². The molecule has 3 aromatic rings. The van der Waals surface area contributed by atoms with Gasteiger partial charge in [-0.05, 0) is 41.5 Å². The number of nitrogens with zero attached hydrogens (tertiary/aromatic N) is 3. The SMILES string of the molecule is CN1C(=O)C(=C(c2ccc([N+](=O)[O-])cc2)c2ccc([N+](=O)[O-])cc2)c2ccccc21.